The highest BCUT2D eigenvalue weighted by Gasteiger charge is 2.30. The third-order valence-electron chi connectivity index (χ3n) is 5.73. The fourth-order valence-corrected chi connectivity index (χ4v) is 3.91. The van der Waals surface area contributed by atoms with Crippen molar-refractivity contribution in [1.82, 2.24) is 15.1 Å². The van der Waals surface area contributed by atoms with Gasteiger partial charge in [-0.1, -0.05) is 48.2 Å². The molecule has 6 nitrogen and oxygen atoms in total. The zero-order valence-electron chi connectivity index (χ0n) is 20.1. The summed E-state index contributed by atoms with van der Waals surface area (Å²) in [6.07, 6.45) is 2.99. The maximum atomic E-state index is 13.2. The van der Waals surface area contributed by atoms with Crippen LogP contribution in [0.5, 0.6) is 0 Å². The van der Waals surface area contributed by atoms with Crippen LogP contribution in [0.25, 0.3) is 0 Å². The van der Waals surface area contributed by atoms with E-state index >= 15 is 0 Å². The van der Waals surface area contributed by atoms with Crippen molar-refractivity contribution >= 4 is 17.5 Å². The van der Waals surface area contributed by atoms with E-state index in [0.717, 1.165) is 22.4 Å². The van der Waals surface area contributed by atoms with Crippen LogP contribution >= 0.6 is 0 Å². The monoisotopic (exact) mass is 454 g/mol. The molecule has 0 saturated carbocycles. The maximum absolute atomic E-state index is 13.2. The average molecular weight is 455 g/mol. The molecular weight excluding hydrogens is 424 g/mol. The largest absolute Gasteiger partial charge is 0.339 e. The molecule has 0 radical (unpaired) electrons. The quantitative estimate of drug-likeness (QED) is 0.605. The molecule has 1 aliphatic heterocycles. The van der Waals surface area contributed by atoms with Crippen molar-refractivity contribution in [3.8, 4) is 11.8 Å². The Morgan fingerprint density at radius 1 is 1.15 bits per heavy atom. The maximum Gasteiger partial charge on any atom is 0.272 e. The van der Waals surface area contributed by atoms with Crippen LogP contribution in [0.4, 0.5) is 5.69 Å². The molecule has 0 spiro atoms. The van der Waals surface area contributed by atoms with E-state index in [2.05, 4.69) is 43.0 Å². The smallest absolute Gasteiger partial charge is 0.272 e. The molecule has 0 fully saturated rings. The Morgan fingerprint density at radius 3 is 2.65 bits per heavy atom. The van der Waals surface area contributed by atoms with Crippen LogP contribution in [0, 0.1) is 17.3 Å². The normalized spacial score (nSPS) is 15.7. The fraction of sp³-hybridized carbons (Fsp3) is 0.321. The minimum Gasteiger partial charge on any atom is -0.339 e. The molecule has 3 aromatic rings. The van der Waals surface area contributed by atoms with Crippen molar-refractivity contribution < 1.29 is 9.59 Å². The molecule has 6 heteroatoms. The van der Waals surface area contributed by atoms with Crippen molar-refractivity contribution in [3.63, 3.8) is 0 Å². The predicted octanol–water partition coefficient (Wildman–Crippen LogP) is 4.04. The summed E-state index contributed by atoms with van der Waals surface area (Å²) in [7, 11) is 1.75. The first-order valence-electron chi connectivity index (χ1n) is 11.5. The third kappa shape index (κ3) is 5.55. The summed E-state index contributed by atoms with van der Waals surface area (Å²) >= 11 is 0. The van der Waals surface area contributed by atoms with Crippen LogP contribution in [-0.2, 0) is 17.8 Å². The second-order valence-electron chi connectivity index (χ2n) is 9.69. The summed E-state index contributed by atoms with van der Waals surface area (Å²) in [6.45, 7) is 6.78. The van der Waals surface area contributed by atoms with E-state index in [1.54, 1.807) is 28.9 Å². The number of hydrogen-bond donors (Lipinski definition) is 1. The van der Waals surface area contributed by atoms with Gasteiger partial charge in [0.15, 0.2) is 0 Å². The van der Waals surface area contributed by atoms with Crippen molar-refractivity contribution in [2.24, 2.45) is 5.41 Å². The number of aryl methyl sites for hydroxylation is 1. The predicted molar refractivity (Wildman–Crippen MR) is 134 cm³/mol. The van der Waals surface area contributed by atoms with E-state index < -0.39 is 6.04 Å². The third-order valence-corrected chi connectivity index (χ3v) is 5.73. The Hall–Kier alpha value is -3.85. The lowest BCUT2D eigenvalue weighted by Gasteiger charge is -2.22. The van der Waals surface area contributed by atoms with Gasteiger partial charge in [-0.3, -0.25) is 14.3 Å². The van der Waals surface area contributed by atoms with Gasteiger partial charge in [0, 0.05) is 29.9 Å². The fourth-order valence-electron chi connectivity index (χ4n) is 3.91. The number of likely N-dealkylation sites (N-methyl/N-ethyl adjacent to an activating group) is 1. The molecule has 4 rings (SSSR count). The number of anilines is 1. The molecule has 34 heavy (non-hydrogen) atoms. The molecule has 0 bridgehead atoms. The first kappa shape index (κ1) is 23.3. The number of amides is 2. The summed E-state index contributed by atoms with van der Waals surface area (Å²) in [6, 6.07) is 17.0. The first-order valence-corrected chi connectivity index (χ1v) is 11.5. The Morgan fingerprint density at radius 2 is 1.91 bits per heavy atom. The van der Waals surface area contributed by atoms with Gasteiger partial charge in [0.05, 0.1) is 6.54 Å². The van der Waals surface area contributed by atoms with Crippen molar-refractivity contribution in [3.05, 3.63) is 83.2 Å². The number of nitrogens with one attached hydrogen (secondary N) is 1. The van der Waals surface area contributed by atoms with Crippen LogP contribution in [0.15, 0.2) is 60.8 Å². The van der Waals surface area contributed by atoms with E-state index in [1.165, 1.54) is 0 Å². The van der Waals surface area contributed by atoms with Gasteiger partial charge in [0.1, 0.15) is 11.7 Å². The number of rotatable bonds is 4. The Labute approximate surface area is 201 Å². The van der Waals surface area contributed by atoms with E-state index in [9.17, 15) is 9.59 Å². The SMILES string of the molecule is CN1C(=O)C(NC(=O)c2ccn(Cc3ccccc3)n2)CCc2ccc(C#CC(C)(C)C)cc21. The second-order valence-corrected chi connectivity index (χ2v) is 9.69. The van der Waals surface area contributed by atoms with Gasteiger partial charge in [-0.2, -0.15) is 5.10 Å². The van der Waals surface area contributed by atoms with Crippen LogP contribution in [-0.4, -0.2) is 34.7 Å². The molecule has 0 aliphatic carbocycles. The van der Waals surface area contributed by atoms with Gasteiger partial charge < -0.3 is 10.2 Å². The lowest BCUT2D eigenvalue weighted by molar-refractivity contribution is -0.120. The van der Waals surface area contributed by atoms with E-state index in [-0.39, 0.29) is 17.2 Å². The molecule has 174 valence electrons. The van der Waals surface area contributed by atoms with Crippen molar-refractivity contribution in [1.29, 1.82) is 0 Å². The zero-order valence-corrected chi connectivity index (χ0v) is 20.1. The number of carbonyl (C=O) groups excluding carboxylic acids is 2. The summed E-state index contributed by atoms with van der Waals surface area (Å²) in [5.74, 6) is 5.96. The Bertz CT molecular complexity index is 1260. The standard InChI is InChI=1S/C28H30N4O2/c1-28(2,3)16-14-20-10-11-22-12-13-24(27(34)31(4)25(22)18-20)29-26(33)23-15-17-32(30-23)19-21-8-6-5-7-9-21/h5-11,15,17-18,24H,12-13,19H2,1-4H3,(H,29,33). The molecular formula is C28H30N4O2. The van der Waals surface area contributed by atoms with Crippen LogP contribution in [0.2, 0.25) is 0 Å². The van der Waals surface area contributed by atoms with E-state index in [1.807, 2.05) is 48.5 Å². The number of nitrogens with zero attached hydrogens (tertiary/aromatic N) is 3. The molecule has 2 heterocycles. The number of carbonyl (C=O) groups is 2. The molecule has 2 amide bonds. The second kappa shape index (κ2) is 9.56. The van der Waals surface area contributed by atoms with Crippen LogP contribution < -0.4 is 10.2 Å². The lowest BCUT2D eigenvalue weighted by Crippen LogP contribution is -2.46. The molecule has 1 aromatic heterocycles. The van der Waals surface area contributed by atoms with Gasteiger partial charge in [-0.05, 0) is 62.9 Å². The number of hydrogen-bond acceptors (Lipinski definition) is 3. The average Bonchev–Trinajstić information content (AvgIpc) is 3.24. The van der Waals surface area contributed by atoms with Gasteiger partial charge in [0.25, 0.3) is 5.91 Å². The molecule has 2 aromatic carbocycles. The topological polar surface area (TPSA) is 67.2 Å². The molecule has 1 N–H and O–H groups in total. The number of fused-ring (bicyclic) bond motifs is 1. The first-order chi connectivity index (χ1) is 16.2. The van der Waals surface area contributed by atoms with Gasteiger partial charge >= 0.3 is 0 Å². The van der Waals surface area contributed by atoms with Crippen LogP contribution in [0.1, 0.15) is 54.4 Å². The highest BCUT2D eigenvalue weighted by molar-refractivity contribution is 6.02. The van der Waals surface area contributed by atoms with E-state index in [0.29, 0.717) is 25.1 Å². The summed E-state index contributed by atoms with van der Waals surface area (Å²) in [5.41, 5.74) is 4.09. The lowest BCUT2D eigenvalue weighted by atomic mass is 9.97. The summed E-state index contributed by atoms with van der Waals surface area (Å²) < 4.78 is 1.72. The molecule has 1 unspecified atom stereocenters. The Balaban J connectivity index is 1.46. The number of aromatic nitrogens is 2. The molecule has 1 aliphatic rings. The van der Waals surface area contributed by atoms with Gasteiger partial charge in [-0.15, -0.1) is 0 Å². The van der Waals surface area contributed by atoms with Crippen molar-refractivity contribution in [2.75, 3.05) is 11.9 Å². The summed E-state index contributed by atoms with van der Waals surface area (Å²) in [5, 5.41) is 7.29. The highest BCUT2D eigenvalue weighted by Crippen LogP contribution is 2.27. The highest BCUT2D eigenvalue weighted by atomic mass is 16.2. The van der Waals surface area contributed by atoms with E-state index in [4.69, 9.17) is 0 Å². The van der Waals surface area contributed by atoms with Crippen molar-refractivity contribution in [2.45, 2.75) is 46.2 Å². The van der Waals surface area contributed by atoms with Crippen LogP contribution in [0.3, 0.4) is 0 Å². The molecule has 1 atom stereocenters. The van der Waals surface area contributed by atoms with Gasteiger partial charge in [-0.25, -0.2) is 0 Å². The zero-order chi connectivity index (χ0) is 24.3. The minimum atomic E-state index is -0.617. The number of benzene rings is 2. The Kier molecular flexibility index (Phi) is 6.56. The molecule has 0 saturated heterocycles. The minimum absolute atomic E-state index is 0.0992. The van der Waals surface area contributed by atoms with Gasteiger partial charge in [0.2, 0.25) is 5.91 Å². The summed E-state index contributed by atoms with van der Waals surface area (Å²) in [4.78, 5) is 27.7.